The molecule has 0 aliphatic rings. The normalized spacial score (nSPS) is 11.1. The maximum absolute atomic E-state index is 13.5. The maximum Gasteiger partial charge on any atom is 0.255 e. The molecule has 1 aromatic carbocycles. The largest absolute Gasteiger partial charge is 0.351 e. The molecule has 0 radical (unpaired) electrons. The quantitative estimate of drug-likeness (QED) is 0.905. The number of benzene rings is 1. The topological polar surface area (TPSA) is 32.3 Å². The van der Waals surface area contributed by atoms with E-state index in [1.807, 2.05) is 7.05 Å². The van der Waals surface area contributed by atoms with Crippen LogP contribution < -0.4 is 5.32 Å². The molecule has 0 unspecified atom stereocenters. The van der Waals surface area contributed by atoms with Gasteiger partial charge in [0.05, 0.1) is 5.56 Å². The molecule has 18 heavy (non-hydrogen) atoms. The monoisotopic (exact) mass is 316 g/mol. The van der Waals surface area contributed by atoms with E-state index >= 15 is 0 Å². The molecule has 5 heteroatoms. The fraction of sp³-hybridized carbons (Fsp3) is 0.462. The van der Waals surface area contributed by atoms with E-state index < -0.39 is 11.7 Å². The van der Waals surface area contributed by atoms with Crippen molar-refractivity contribution in [2.45, 2.75) is 19.9 Å². The summed E-state index contributed by atoms with van der Waals surface area (Å²) in [4.78, 5) is 13.9. The SMILES string of the molecule is CC(C)N(C)CCNC(=O)c1c(F)cccc1Br. The standard InChI is InChI=1S/C13H18BrFN2O/c1-9(2)17(3)8-7-16-13(18)12-10(14)5-4-6-11(12)15/h4-6,9H,7-8H2,1-3H3,(H,16,18). The smallest absolute Gasteiger partial charge is 0.255 e. The van der Waals surface area contributed by atoms with Gasteiger partial charge in [-0.2, -0.15) is 0 Å². The average molecular weight is 317 g/mol. The molecule has 0 atom stereocenters. The lowest BCUT2D eigenvalue weighted by Crippen LogP contribution is -2.36. The van der Waals surface area contributed by atoms with Crippen LogP contribution in [0.2, 0.25) is 0 Å². The van der Waals surface area contributed by atoms with E-state index in [0.29, 0.717) is 17.1 Å². The Morgan fingerprint density at radius 3 is 2.72 bits per heavy atom. The highest BCUT2D eigenvalue weighted by Crippen LogP contribution is 2.19. The van der Waals surface area contributed by atoms with Crippen molar-refractivity contribution in [2.75, 3.05) is 20.1 Å². The van der Waals surface area contributed by atoms with Crippen LogP contribution in [0.25, 0.3) is 0 Å². The molecule has 1 aromatic rings. The van der Waals surface area contributed by atoms with Gasteiger partial charge in [0.15, 0.2) is 0 Å². The fourth-order valence-electron chi connectivity index (χ4n) is 1.41. The van der Waals surface area contributed by atoms with Gasteiger partial charge in [-0.25, -0.2) is 4.39 Å². The Morgan fingerprint density at radius 2 is 2.17 bits per heavy atom. The third-order valence-electron chi connectivity index (χ3n) is 2.82. The van der Waals surface area contributed by atoms with Crippen LogP contribution in [0.5, 0.6) is 0 Å². The molecule has 0 heterocycles. The number of carbonyl (C=O) groups excluding carboxylic acids is 1. The van der Waals surface area contributed by atoms with Crippen LogP contribution >= 0.6 is 15.9 Å². The first kappa shape index (κ1) is 15.1. The number of amides is 1. The van der Waals surface area contributed by atoms with Gasteiger partial charge in [0.2, 0.25) is 0 Å². The maximum atomic E-state index is 13.5. The van der Waals surface area contributed by atoms with Gasteiger partial charge in [0, 0.05) is 23.6 Å². The van der Waals surface area contributed by atoms with Gasteiger partial charge in [-0.1, -0.05) is 6.07 Å². The highest BCUT2D eigenvalue weighted by molar-refractivity contribution is 9.10. The number of nitrogens with one attached hydrogen (secondary N) is 1. The number of nitrogens with zero attached hydrogens (tertiary/aromatic N) is 1. The molecular formula is C13H18BrFN2O. The molecule has 0 aliphatic carbocycles. The average Bonchev–Trinajstić information content (AvgIpc) is 2.28. The zero-order valence-electron chi connectivity index (χ0n) is 10.8. The highest BCUT2D eigenvalue weighted by atomic mass is 79.9. The zero-order chi connectivity index (χ0) is 13.7. The van der Waals surface area contributed by atoms with Gasteiger partial charge >= 0.3 is 0 Å². The summed E-state index contributed by atoms with van der Waals surface area (Å²) in [6.07, 6.45) is 0. The van der Waals surface area contributed by atoms with Gasteiger partial charge < -0.3 is 10.2 Å². The first-order chi connectivity index (χ1) is 8.43. The van der Waals surface area contributed by atoms with Gasteiger partial charge in [-0.05, 0) is 49.0 Å². The van der Waals surface area contributed by atoms with E-state index in [-0.39, 0.29) is 5.56 Å². The van der Waals surface area contributed by atoms with Crippen LogP contribution in [-0.2, 0) is 0 Å². The third kappa shape index (κ3) is 4.07. The Morgan fingerprint density at radius 1 is 1.50 bits per heavy atom. The summed E-state index contributed by atoms with van der Waals surface area (Å²) >= 11 is 3.18. The Bertz CT molecular complexity index is 403. The van der Waals surface area contributed by atoms with E-state index in [1.54, 1.807) is 12.1 Å². The van der Waals surface area contributed by atoms with E-state index in [1.165, 1.54) is 6.07 Å². The minimum atomic E-state index is -0.515. The fourth-order valence-corrected chi connectivity index (χ4v) is 1.93. The minimum absolute atomic E-state index is 0.0599. The molecule has 0 bridgehead atoms. The van der Waals surface area contributed by atoms with Gasteiger partial charge in [0.1, 0.15) is 5.82 Å². The molecule has 3 nitrogen and oxygen atoms in total. The number of halogens is 2. The van der Waals surface area contributed by atoms with E-state index in [2.05, 4.69) is 40.0 Å². The molecule has 0 aromatic heterocycles. The van der Waals surface area contributed by atoms with Crippen molar-refractivity contribution in [2.24, 2.45) is 0 Å². The van der Waals surface area contributed by atoms with Crippen molar-refractivity contribution in [3.05, 3.63) is 34.1 Å². The first-order valence-corrected chi connectivity index (χ1v) is 6.65. The summed E-state index contributed by atoms with van der Waals surface area (Å²) in [5, 5.41) is 2.72. The molecule has 0 fully saturated rings. The van der Waals surface area contributed by atoms with Crippen molar-refractivity contribution < 1.29 is 9.18 Å². The summed E-state index contributed by atoms with van der Waals surface area (Å²) in [5.74, 6) is -0.906. The molecule has 0 spiro atoms. The molecule has 1 N–H and O–H groups in total. The number of likely N-dealkylation sites (N-methyl/N-ethyl adjacent to an activating group) is 1. The summed E-state index contributed by atoms with van der Waals surface area (Å²) in [5.41, 5.74) is 0.0599. The van der Waals surface area contributed by atoms with Gasteiger partial charge in [-0.15, -0.1) is 0 Å². The lowest BCUT2D eigenvalue weighted by atomic mass is 10.2. The summed E-state index contributed by atoms with van der Waals surface area (Å²) in [6.45, 7) is 5.38. The number of rotatable bonds is 5. The van der Waals surface area contributed by atoms with Crippen LogP contribution in [-0.4, -0.2) is 37.0 Å². The molecule has 0 aliphatic heterocycles. The molecule has 1 amide bonds. The lowest BCUT2D eigenvalue weighted by molar-refractivity contribution is 0.0943. The van der Waals surface area contributed by atoms with Gasteiger partial charge in [-0.3, -0.25) is 4.79 Å². The highest BCUT2D eigenvalue weighted by Gasteiger charge is 2.15. The summed E-state index contributed by atoms with van der Waals surface area (Å²) in [7, 11) is 1.98. The van der Waals surface area contributed by atoms with Crippen molar-refractivity contribution >= 4 is 21.8 Å². The molecule has 0 saturated carbocycles. The molecule has 1 rings (SSSR count). The van der Waals surface area contributed by atoms with Crippen molar-refractivity contribution in [1.29, 1.82) is 0 Å². The summed E-state index contributed by atoms with van der Waals surface area (Å²) < 4.78 is 14.0. The zero-order valence-corrected chi connectivity index (χ0v) is 12.4. The van der Waals surface area contributed by atoms with Crippen LogP contribution in [0.4, 0.5) is 4.39 Å². The van der Waals surface area contributed by atoms with Crippen LogP contribution in [0.15, 0.2) is 22.7 Å². The Kier molecular flexibility index (Phi) is 5.75. The Labute approximate surface area is 115 Å². The first-order valence-electron chi connectivity index (χ1n) is 5.86. The number of hydrogen-bond donors (Lipinski definition) is 1. The van der Waals surface area contributed by atoms with Crippen LogP contribution in [0, 0.1) is 5.82 Å². The predicted octanol–water partition coefficient (Wildman–Crippen LogP) is 2.66. The lowest BCUT2D eigenvalue weighted by Gasteiger charge is -2.21. The van der Waals surface area contributed by atoms with E-state index in [4.69, 9.17) is 0 Å². The minimum Gasteiger partial charge on any atom is -0.351 e. The Balaban J connectivity index is 2.56. The number of carbonyl (C=O) groups is 1. The van der Waals surface area contributed by atoms with Crippen molar-refractivity contribution in [3.8, 4) is 0 Å². The van der Waals surface area contributed by atoms with Crippen LogP contribution in [0.3, 0.4) is 0 Å². The predicted molar refractivity (Wildman–Crippen MR) is 74.2 cm³/mol. The second-order valence-corrected chi connectivity index (χ2v) is 5.28. The molecule has 100 valence electrons. The number of hydrogen-bond acceptors (Lipinski definition) is 2. The Hall–Kier alpha value is -0.940. The molecule has 0 saturated heterocycles. The van der Waals surface area contributed by atoms with Crippen molar-refractivity contribution in [3.63, 3.8) is 0 Å². The second kappa shape index (κ2) is 6.85. The summed E-state index contributed by atoms with van der Waals surface area (Å²) in [6, 6.07) is 4.91. The van der Waals surface area contributed by atoms with E-state index in [9.17, 15) is 9.18 Å². The van der Waals surface area contributed by atoms with Crippen LogP contribution in [0.1, 0.15) is 24.2 Å². The van der Waals surface area contributed by atoms with Crippen molar-refractivity contribution in [1.82, 2.24) is 10.2 Å². The van der Waals surface area contributed by atoms with E-state index in [0.717, 1.165) is 6.54 Å². The van der Waals surface area contributed by atoms with Gasteiger partial charge in [0.25, 0.3) is 5.91 Å². The third-order valence-corrected chi connectivity index (χ3v) is 3.48. The molecular weight excluding hydrogens is 299 g/mol. The second-order valence-electron chi connectivity index (χ2n) is 4.43.